The maximum Gasteiger partial charge on any atom is 0.137 e. The van der Waals surface area contributed by atoms with Gasteiger partial charge in [0.1, 0.15) is 5.82 Å². The summed E-state index contributed by atoms with van der Waals surface area (Å²) in [4.78, 5) is 6.77. The highest BCUT2D eigenvalue weighted by Gasteiger charge is 2.23. The van der Waals surface area contributed by atoms with Crippen LogP contribution >= 0.6 is 11.3 Å². The molecule has 4 heteroatoms. The van der Waals surface area contributed by atoms with E-state index in [4.69, 9.17) is 0 Å². The van der Waals surface area contributed by atoms with E-state index < -0.39 is 0 Å². The molecule has 0 spiro atoms. The van der Waals surface area contributed by atoms with Crippen LogP contribution in [0, 0.1) is 0 Å². The van der Waals surface area contributed by atoms with Crippen LogP contribution in [0.5, 0.6) is 0 Å². The summed E-state index contributed by atoms with van der Waals surface area (Å²) in [6.45, 7) is 2.14. The molecule has 2 aromatic rings. The van der Waals surface area contributed by atoms with E-state index in [0.717, 1.165) is 18.9 Å². The largest absolute Gasteiger partial charge is 0.354 e. The van der Waals surface area contributed by atoms with Crippen LogP contribution in [-0.2, 0) is 0 Å². The Morgan fingerprint density at radius 3 is 3.07 bits per heavy atom. The molecule has 3 nitrogen and oxygen atoms in total. The Morgan fingerprint density at radius 2 is 2.33 bits per heavy atom. The fourth-order valence-electron chi connectivity index (χ4n) is 1.88. The zero-order chi connectivity index (χ0) is 10.3. The molecule has 0 amide bonds. The molecule has 1 N–H and O–H groups in total. The lowest BCUT2D eigenvalue weighted by atomic mass is 10.1. The van der Waals surface area contributed by atoms with Crippen molar-refractivity contribution in [1.82, 2.24) is 10.3 Å². The van der Waals surface area contributed by atoms with Crippen molar-refractivity contribution in [3.63, 3.8) is 0 Å². The third-order valence-electron chi connectivity index (χ3n) is 3.00. The number of anilines is 1. The summed E-state index contributed by atoms with van der Waals surface area (Å²) in [5.41, 5.74) is 0. The second-order valence-corrected chi connectivity index (χ2v) is 4.84. The van der Waals surface area contributed by atoms with Crippen molar-refractivity contribution in [1.29, 1.82) is 0 Å². The number of rotatable bonds is 2. The van der Waals surface area contributed by atoms with Crippen LogP contribution in [0.2, 0.25) is 0 Å². The molecule has 3 heterocycles. The predicted octanol–water partition coefficient (Wildman–Crippen LogP) is 1.70. The zero-order valence-electron chi connectivity index (χ0n) is 8.60. The molecule has 0 bridgehead atoms. The number of nitrogens with zero attached hydrogens (tertiary/aromatic N) is 2. The first-order valence-electron chi connectivity index (χ1n) is 5.12. The van der Waals surface area contributed by atoms with E-state index >= 15 is 0 Å². The number of fused-ring (bicyclic) bond motifs is 1. The SMILES string of the molecule is CN(c1nccc2sccc12)C1CNC1. The molecule has 0 aliphatic carbocycles. The highest BCUT2D eigenvalue weighted by Crippen LogP contribution is 2.29. The summed E-state index contributed by atoms with van der Waals surface area (Å²) >= 11 is 1.77. The van der Waals surface area contributed by atoms with Gasteiger partial charge in [-0.2, -0.15) is 0 Å². The number of pyridine rings is 1. The molecule has 1 fully saturated rings. The molecular weight excluding hydrogens is 206 g/mol. The molecule has 1 aliphatic heterocycles. The van der Waals surface area contributed by atoms with Gasteiger partial charge in [-0.25, -0.2) is 4.98 Å². The summed E-state index contributed by atoms with van der Waals surface area (Å²) in [6, 6.07) is 4.84. The van der Waals surface area contributed by atoms with E-state index in [0.29, 0.717) is 6.04 Å². The maximum absolute atomic E-state index is 4.49. The highest BCUT2D eigenvalue weighted by molar-refractivity contribution is 7.17. The molecule has 1 aliphatic rings. The molecule has 15 heavy (non-hydrogen) atoms. The first-order valence-corrected chi connectivity index (χ1v) is 6.00. The first-order chi connectivity index (χ1) is 7.36. The number of nitrogens with one attached hydrogen (secondary N) is 1. The lowest BCUT2D eigenvalue weighted by Crippen LogP contribution is -2.56. The Labute approximate surface area is 92.7 Å². The second-order valence-electron chi connectivity index (χ2n) is 3.89. The molecular formula is C11H13N3S. The van der Waals surface area contributed by atoms with Gasteiger partial charge < -0.3 is 10.2 Å². The van der Waals surface area contributed by atoms with Crippen LogP contribution in [0.3, 0.4) is 0 Å². The third kappa shape index (κ3) is 1.41. The smallest absolute Gasteiger partial charge is 0.137 e. The van der Waals surface area contributed by atoms with Crippen LogP contribution in [-0.4, -0.2) is 31.2 Å². The van der Waals surface area contributed by atoms with Gasteiger partial charge in [0, 0.05) is 36.4 Å². The fraction of sp³-hybridized carbons (Fsp3) is 0.364. The van der Waals surface area contributed by atoms with Crippen LogP contribution in [0.4, 0.5) is 5.82 Å². The van der Waals surface area contributed by atoms with Crippen LogP contribution < -0.4 is 10.2 Å². The van der Waals surface area contributed by atoms with Crippen LogP contribution in [0.1, 0.15) is 0 Å². The lowest BCUT2D eigenvalue weighted by molar-refractivity contribution is 0.427. The Balaban J connectivity index is 2.05. The van der Waals surface area contributed by atoms with E-state index in [9.17, 15) is 0 Å². The number of aromatic nitrogens is 1. The summed E-state index contributed by atoms with van der Waals surface area (Å²) < 4.78 is 1.32. The van der Waals surface area contributed by atoms with Crippen LogP contribution in [0.15, 0.2) is 23.7 Å². The Hall–Kier alpha value is -1.13. The maximum atomic E-state index is 4.49. The molecule has 0 unspecified atom stereocenters. The van der Waals surface area contributed by atoms with Crippen molar-refractivity contribution < 1.29 is 0 Å². The van der Waals surface area contributed by atoms with Crippen molar-refractivity contribution >= 4 is 27.2 Å². The highest BCUT2D eigenvalue weighted by atomic mass is 32.1. The Bertz CT molecular complexity index is 475. The standard InChI is InChI=1S/C11H13N3S/c1-14(8-6-12-7-8)11-9-3-5-15-10(9)2-4-13-11/h2-5,8,12H,6-7H2,1H3. The number of likely N-dealkylation sites (N-methyl/N-ethyl adjacent to an activating group) is 1. The van der Waals surface area contributed by atoms with Gasteiger partial charge in [-0.3, -0.25) is 0 Å². The summed E-state index contributed by atoms with van der Waals surface area (Å²) in [7, 11) is 2.13. The summed E-state index contributed by atoms with van der Waals surface area (Å²) in [6.07, 6.45) is 1.90. The van der Waals surface area contributed by atoms with Gasteiger partial charge >= 0.3 is 0 Å². The molecule has 3 rings (SSSR count). The minimum atomic E-state index is 0.600. The monoisotopic (exact) mass is 219 g/mol. The predicted molar refractivity (Wildman–Crippen MR) is 64.7 cm³/mol. The van der Waals surface area contributed by atoms with Crippen molar-refractivity contribution in [3.05, 3.63) is 23.7 Å². The molecule has 0 saturated carbocycles. The van der Waals surface area contributed by atoms with E-state index in [1.165, 1.54) is 10.1 Å². The van der Waals surface area contributed by atoms with E-state index in [2.05, 4.69) is 39.8 Å². The molecule has 78 valence electrons. The van der Waals surface area contributed by atoms with Gasteiger partial charge in [-0.15, -0.1) is 11.3 Å². The normalized spacial score (nSPS) is 16.6. The quantitative estimate of drug-likeness (QED) is 0.833. The van der Waals surface area contributed by atoms with Gasteiger partial charge in [0.2, 0.25) is 0 Å². The topological polar surface area (TPSA) is 28.2 Å². The molecule has 2 aromatic heterocycles. The van der Waals surface area contributed by atoms with Gasteiger partial charge in [-0.05, 0) is 17.5 Å². The van der Waals surface area contributed by atoms with Gasteiger partial charge in [0.15, 0.2) is 0 Å². The van der Waals surface area contributed by atoms with Crippen LogP contribution in [0.25, 0.3) is 10.1 Å². The number of hydrogen-bond acceptors (Lipinski definition) is 4. The minimum Gasteiger partial charge on any atom is -0.354 e. The average Bonchev–Trinajstić information content (AvgIpc) is 2.61. The van der Waals surface area contributed by atoms with Crippen molar-refractivity contribution in [2.45, 2.75) is 6.04 Å². The first kappa shape index (κ1) is 9.12. The average molecular weight is 219 g/mol. The minimum absolute atomic E-state index is 0.600. The van der Waals surface area contributed by atoms with Crippen molar-refractivity contribution in [2.75, 3.05) is 25.0 Å². The number of hydrogen-bond donors (Lipinski definition) is 1. The summed E-state index contributed by atoms with van der Waals surface area (Å²) in [5, 5.41) is 6.69. The van der Waals surface area contributed by atoms with Crippen molar-refractivity contribution in [2.24, 2.45) is 0 Å². The van der Waals surface area contributed by atoms with E-state index in [-0.39, 0.29) is 0 Å². The summed E-state index contributed by atoms with van der Waals surface area (Å²) in [5.74, 6) is 1.11. The Morgan fingerprint density at radius 1 is 1.47 bits per heavy atom. The zero-order valence-corrected chi connectivity index (χ0v) is 9.42. The van der Waals surface area contributed by atoms with Gasteiger partial charge in [0.25, 0.3) is 0 Å². The van der Waals surface area contributed by atoms with Gasteiger partial charge in [0.05, 0.1) is 6.04 Å². The third-order valence-corrected chi connectivity index (χ3v) is 3.88. The number of thiophene rings is 1. The van der Waals surface area contributed by atoms with E-state index in [1.54, 1.807) is 11.3 Å². The van der Waals surface area contributed by atoms with Gasteiger partial charge in [-0.1, -0.05) is 0 Å². The molecule has 1 saturated heterocycles. The van der Waals surface area contributed by atoms with Crippen molar-refractivity contribution in [3.8, 4) is 0 Å². The Kier molecular flexibility index (Phi) is 2.11. The molecule has 0 radical (unpaired) electrons. The fourth-order valence-corrected chi connectivity index (χ4v) is 2.66. The molecule has 0 aromatic carbocycles. The second kappa shape index (κ2) is 3.47. The van der Waals surface area contributed by atoms with E-state index in [1.807, 2.05) is 6.20 Å². The molecule has 0 atom stereocenters. The lowest BCUT2D eigenvalue weighted by Gasteiger charge is -2.36.